The first kappa shape index (κ1) is 8.16. The third-order valence-corrected chi connectivity index (χ3v) is 3.36. The summed E-state index contributed by atoms with van der Waals surface area (Å²) in [5, 5.41) is 3.47. The highest BCUT2D eigenvalue weighted by Crippen LogP contribution is 2.48. The average Bonchev–Trinajstić information content (AvgIpc) is 2.98. The van der Waals surface area contributed by atoms with Gasteiger partial charge in [0.05, 0.1) is 7.11 Å². The topological polar surface area (TPSA) is 21.3 Å². The van der Waals surface area contributed by atoms with Crippen molar-refractivity contribution in [2.24, 2.45) is 5.92 Å². The second-order valence-corrected chi connectivity index (χ2v) is 4.28. The van der Waals surface area contributed by atoms with Crippen LogP contribution in [0.1, 0.15) is 24.3 Å². The molecule has 0 radical (unpaired) electrons. The first-order valence-electron chi connectivity index (χ1n) is 5.30. The minimum absolute atomic E-state index is 0.736. The molecule has 2 nitrogen and oxygen atoms in total. The molecule has 1 aromatic carbocycles. The largest absolute Gasteiger partial charge is 0.497 e. The molecule has 1 N–H and O–H groups in total. The number of benzene rings is 1. The van der Waals surface area contributed by atoms with E-state index >= 15 is 0 Å². The molecule has 1 aromatic rings. The van der Waals surface area contributed by atoms with Crippen LogP contribution >= 0.6 is 0 Å². The van der Waals surface area contributed by atoms with Gasteiger partial charge in [0.25, 0.3) is 0 Å². The van der Waals surface area contributed by atoms with Crippen molar-refractivity contribution in [1.82, 2.24) is 0 Å². The lowest BCUT2D eigenvalue weighted by atomic mass is 9.96. The Balaban J connectivity index is 1.98. The fourth-order valence-electron chi connectivity index (χ4n) is 2.38. The number of hydrogen-bond acceptors (Lipinski definition) is 2. The second kappa shape index (κ2) is 2.91. The summed E-state index contributed by atoms with van der Waals surface area (Å²) in [6.07, 6.45) is 2.81. The van der Waals surface area contributed by atoms with E-state index < -0.39 is 0 Å². The molecule has 2 aliphatic rings. The highest BCUT2D eigenvalue weighted by Gasteiger charge is 2.36. The number of rotatable bonds is 2. The predicted octanol–water partition coefficient (Wildman–Crippen LogP) is 2.61. The normalized spacial score (nSPS) is 24.2. The molecule has 1 aliphatic carbocycles. The lowest BCUT2D eigenvalue weighted by Crippen LogP contribution is -2.03. The van der Waals surface area contributed by atoms with Crippen molar-refractivity contribution in [3.05, 3.63) is 23.8 Å². The van der Waals surface area contributed by atoms with Gasteiger partial charge in [-0.1, -0.05) is 0 Å². The molecule has 1 atom stereocenters. The van der Waals surface area contributed by atoms with E-state index in [9.17, 15) is 0 Å². The second-order valence-electron chi connectivity index (χ2n) is 4.28. The van der Waals surface area contributed by atoms with E-state index in [2.05, 4.69) is 17.4 Å². The van der Waals surface area contributed by atoms with Crippen LogP contribution in [0.4, 0.5) is 5.69 Å². The molecule has 74 valence electrons. The van der Waals surface area contributed by atoms with Gasteiger partial charge in [-0.2, -0.15) is 0 Å². The van der Waals surface area contributed by atoms with E-state index in [1.165, 1.54) is 24.1 Å². The summed E-state index contributed by atoms with van der Waals surface area (Å²) in [6, 6.07) is 6.36. The summed E-state index contributed by atoms with van der Waals surface area (Å²) in [5.74, 6) is 2.65. The summed E-state index contributed by atoms with van der Waals surface area (Å²) >= 11 is 0. The molecule has 1 unspecified atom stereocenters. The molecule has 2 heteroatoms. The molecular formula is C12H15NO. The van der Waals surface area contributed by atoms with Gasteiger partial charge in [-0.25, -0.2) is 0 Å². The summed E-state index contributed by atoms with van der Waals surface area (Å²) in [7, 11) is 1.73. The number of fused-ring (bicyclic) bond motifs is 1. The molecule has 0 bridgehead atoms. The molecule has 14 heavy (non-hydrogen) atoms. The lowest BCUT2D eigenvalue weighted by Gasteiger charge is -2.09. The fraction of sp³-hybridized carbons (Fsp3) is 0.500. The maximum atomic E-state index is 5.26. The number of nitrogens with one attached hydrogen (secondary N) is 1. The van der Waals surface area contributed by atoms with Gasteiger partial charge in [0.1, 0.15) is 5.75 Å². The van der Waals surface area contributed by atoms with Crippen LogP contribution in [0.3, 0.4) is 0 Å². The smallest absolute Gasteiger partial charge is 0.119 e. The molecule has 0 amide bonds. The monoisotopic (exact) mass is 189 g/mol. The van der Waals surface area contributed by atoms with E-state index in [0.717, 1.165) is 24.1 Å². The minimum Gasteiger partial charge on any atom is -0.497 e. The lowest BCUT2D eigenvalue weighted by molar-refractivity contribution is 0.414. The van der Waals surface area contributed by atoms with Gasteiger partial charge in [-0.15, -0.1) is 0 Å². The van der Waals surface area contributed by atoms with Gasteiger partial charge >= 0.3 is 0 Å². The first-order chi connectivity index (χ1) is 6.88. The average molecular weight is 189 g/mol. The predicted molar refractivity (Wildman–Crippen MR) is 56.9 cm³/mol. The Labute approximate surface area is 84.3 Å². The summed E-state index contributed by atoms with van der Waals surface area (Å²) in [6.45, 7) is 1.12. The van der Waals surface area contributed by atoms with Crippen LogP contribution in [-0.2, 0) is 0 Å². The Morgan fingerprint density at radius 3 is 2.93 bits per heavy atom. The molecule has 0 saturated heterocycles. The standard InChI is InChI=1S/C12H15NO/c1-14-9-4-5-12-10(6-9)11(7-13-12)8-2-3-8/h4-6,8,11,13H,2-3,7H2,1H3. The molecule has 0 aromatic heterocycles. The van der Waals surface area contributed by atoms with Crippen LogP contribution in [0.5, 0.6) is 5.75 Å². The highest BCUT2D eigenvalue weighted by atomic mass is 16.5. The number of ether oxygens (including phenoxy) is 1. The van der Waals surface area contributed by atoms with Crippen LogP contribution in [-0.4, -0.2) is 13.7 Å². The van der Waals surface area contributed by atoms with Crippen molar-refractivity contribution in [2.45, 2.75) is 18.8 Å². The third-order valence-electron chi connectivity index (χ3n) is 3.36. The first-order valence-corrected chi connectivity index (χ1v) is 5.30. The van der Waals surface area contributed by atoms with E-state index in [4.69, 9.17) is 4.74 Å². The quantitative estimate of drug-likeness (QED) is 0.772. The van der Waals surface area contributed by atoms with E-state index in [1.54, 1.807) is 7.11 Å². The van der Waals surface area contributed by atoms with Gasteiger partial charge in [0.15, 0.2) is 0 Å². The summed E-state index contributed by atoms with van der Waals surface area (Å²) in [5.41, 5.74) is 2.77. The van der Waals surface area contributed by atoms with Gasteiger partial charge in [-0.05, 0) is 42.5 Å². The van der Waals surface area contributed by atoms with Crippen molar-refractivity contribution in [1.29, 1.82) is 0 Å². The van der Waals surface area contributed by atoms with E-state index in [1.807, 2.05) is 6.07 Å². The van der Waals surface area contributed by atoms with Crippen LogP contribution in [0.2, 0.25) is 0 Å². The molecule has 1 fully saturated rings. The van der Waals surface area contributed by atoms with Crippen LogP contribution < -0.4 is 10.1 Å². The minimum atomic E-state index is 0.736. The zero-order valence-corrected chi connectivity index (χ0v) is 8.42. The molecular weight excluding hydrogens is 174 g/mol. The zero-order valence-electron chi connectivity index (χ0n) is 8.42. The van der Waals surface area contributed by atoms with E-state index in [-0.39, 0.29) is 0 Å². The van der Waals surface area contributed by atoms with Crippen molar-refractivity contribution in [3.63, 3.8) is 0 Å². The van der Waals surface area contributed by atoms with E-state index in [0.29, 0.717) is 0 Å². The SMILES string of the molecule is COc1ccc2c(c1)C(C1CC1)CN2. The summed E-state index contributed by atoms with van der Waals surface area (Å²) < 4.78 is 5.26. The molecule has 3 rings (SSSR count). The molecule has 1 heterocycles. The molecule has 1 aliphatic heterocycles. The Kier molecular flexibility index (Phi) is 1.69. The Bertz CT molecular complexity index is 357. The van der Waals surface area contributed by atoms with Gasteiger partial charge in [0, 0.05) is 18.2 Å². The highest BCUT2D eigenvalue weighted by molar-refractivity contribution is 5.60. The van der Waals surface area contributed by atoms with Gasteiger partial charge in [-0.3, -0.25) is 0 Å². The fourth-order valence-corrected chi connectivity index (χ4v) is 2.38. The zero-order chi connectivity index (χ0) is 9.54. The Morgan fingerprint density at radius 2 is 2.21 bits per heavy atom. The molecule has 1 saturated carbocycles. The van der Waals surface area contributed by atoms with Crippen molar-refractivity contribution in [3.8, 4) is 5.75 Å². The van der Waals surface area contributed by atoms with Crippen LogP contribution in [0.25, 0.3) is 0 Å². The maximum absolute atomic E-state index is 5.26. The van der Waals surface area contributed by atoms with Gasteiger partial charge in [0.2, 0.25) is 0 Å². The van der Waals surface area contributed by atoms with Crippen LogP contribution in [0, 0.1) is 5.92 Å². The number of anilines is 1. The van der Waals surface area contributed by atoms with Crippen molar-refractivity contribution < 1.29 is 4.74 Å². The third kappa shape index (κ3) is 1.17. The Hall–Kier alpha value is -1.18. The maximum Gasteiger partial charge on any atom is 0.119 e. The van der Waals surface area contributed by atoms with Gasteiger partial charge < -0.3 is 10.1 Å². The van der Waals surface area contributed by atoms with Crippen molar-refractivity contribution >= 4 is 5.69 Å². The van der Waals surface area contributed by atoms with Crippen LogP contribution in [0.15, 0.2) is 18.2 Å². The Morgan fingerprint density at radius 1 is 1.36 bits per heavy atom. The number of methoxy groups -OCH3 is 1. The van der Waals surface area contributed by atoms with Crippen molar-refractivity contribution in [2.75, 3.05) is 19.0 Å². The number of hydrogen-bond donors (Lipinski definition) is 1. The summed E-state index contributed by atoms with van der Waals surface area (Å²) in [4.78, 5) is 0. The molecule has 0 spiro atoms.